The van der Waals surface area contributed by atoms with Gasteiger partial charge in [-0.15, -0.1) is 11.3 Å². The van der Waals surface area contributed by atoms with Crippen molar-refractivity contribution < 1.29 is 14.0 Å². The minimum Gasteiger partial charge on any atom is -0.459 e. The van der Waals surface area contributed by atoms with E-state index in [2.05, 4.69) is 15.6 Å². The summed E-state index contributed by atoms with van der Waals surface area (Å²) in [5, 5.41) is 6.19. The molecule has 1 aromatic carbocycles. The second kappa shape index (κ2) is 6.52. The third-order valence-electron chi connectivity index (χ3n) is 3.97. The molecule has 0 aliphatic heterocycles. The summed E-state index contributed by atoms with van der Waals surface area (Å²) in [5.74, 6) is -0.311. The van der Waals surface area contributed by atoms with E-state index >= 15 is 0 Å². The van der Waals surface area contributed by atoms with Gasteiger partial charge in [-0.2, -0.15) is 0 Å². The lowest BCUT2D eigenvalue weighted by molar-refractivity contribution is 0.0995. The van der Waals surface area contributed by atoms with E-state index in [1.165, 1.54) is 11.1 Å². The van der Waals surface area contributed by atoms with Gasteiger partial charge in [0, 0.05) is 16.1 Å². The van der Waals surface area contributed by atoms with Crippen LogP contribution in [0.1, 0.15) is 37.9 Å². The van der Waals surface area contributed by atoms with E-state index in [4.69, 9.17) is 4.42 Å². The van der Waals surface area contributed by atoms with Crippen molar-refractivity contribution in [3.63, 3.8) is 0 Å². The van der Waals surface area contributed by atoms with E-state index in [9.17, 15) is 9.59 Å². The molecule has 4 rings (SSSR count). The number of fused-ring (bicyclic) bond motifs is 1. The highest BCUT2D eigenvalue weighted by Gasteiger charge is 2.18. The topological polar surface area (TPSA) is 84.2 Å². The summed E-state index contributed by atoms with van der Waals surface area (Å²) < 4.78 is 5.04. The van der Waals surface area contributed by atoms with Crippen LogP contribution in [0.25, 0.3) is 0 Å². The van der Waals surface area contributed by atoms with Crippen molar-refractivity contribution in [1.82, 2.24) is 4.98 Å². The molecule has 2 N–H and O–H groups in total. The first-order valence-corrected chi connectivity index (χ1v) is 8.75. The van der Waals surface area contributed by atoms with Crippen LogP contribution in [-0.4, -0.2) is 16.8 Å². The van der Waals surface area contributed by atoms with E-state index in [0.717, 1.165) is 25.0 Å². The number of rotatable bonds is 4. The number of thiazole rings is 1. The highest BCUT2D eigenvalue weighted by atomic mass is 32.1. The molecule has 1 aliphatic carbocycles. The van der Waals surface area contributed by atoms with Crippen LogP contribution in [0, 0.1) is 0 Å². The van der Waals surface area contributed by atoms with Crippen LogP contribution in [0.15, 0.2) is 47.1 Å². The molecule has 2 aromatic heterocycles. The van der Waals surface area contributed by atoms with Gasteiger partial charge in [-0.1, -0.05) is 0 Å². The second-order valence-corrected chi connectivity index (χ2v) is 6.79. The van der Waals surface area contributed by atoms with Crippen LogP contribution < -0.4 is 10.6 Å². The van der Waals surface area contributed by atoms with Crippen molar-refractivity contribution in [3.05, 3.63) is 64.6 Å². The molecule has 0 atom stereocenters. The zero-order chi connectivity index (χ0) is 17.2. The molecule has 6 nitrogen and oxygen atoms in total. The Morgan fingerprint density at radius 2 is 1.88 bits per heavy atom. The number of amides is 2. The second-order valence-electron chi connectivity index (χ2n) is 5.71. The highest BCUT2D eigenvalue weighted by Crippen LogP contribution is 2.30. The molecule has 0 bridgehead atoms. The van der Waals surface area contributed by atoms with Gasteiger partial charge in [0.1, 0.15) is 0 Å². The number of carbonyl (C=O) groups excluding carboxylic acids is 2. The molecule has 25 heavy (non-hydrogen) atoms. The monoisotopic (exact) mass is 353 g/mol. The summed E-state index contributed by atoms with van der Waals surface area (Å²) in [6.45, 7) is 0. The standard InChI is InChI=1S/C18H15N3O3S/c22-16(21-18-20-13-3-1-5-15(13)25-18)11-6-8-12(9-7-11)19-17(23)14-4-2-10-24-14/h2,4,6-10H,1,3,5H2,(H,19,23)(H,20,21,22). The van der Waals surface area contributed by atoms with Gasteiger partial charge in [0.15, 0.2) is 10.9 Å². The number of nitrogens with zero attached hydrogens (tertiary/aromatic N) is 1. The number of hydrogen-bond acceptors (Lipinski definition) is 5. The van der Waals surface area contributed by atoms with Gasteiger partial charge in [-0.25, -0.2) is 4.98 Å². The Labute approximate surface area is 147 Å². The average Bonchev–Trinajstić information content (AvgIpc) is 3.32. The number of furan rings is 1. The van der Waals surface area contributed by atoms with Crippen LogP contribution in [0.5, 0.6) is 0 Å². The molecule has 2 heterocycles. The van der Waals surface area contributed by atoms with Gasteiger partial charge in [0.2, 0.25) is 0 Å². The quantitative estimate of drug-likeness (QED) is 0.748. The Bertz CT molecular complexity index is 892. The molecule has 3 aromatic rings. The van der Waals surface area contributed by atoms with Crippen molar-refractivity contribution >= 4 is 34.0 Å². The summed E-state index contributed by atoms with van der Waals surface area (Å²) in [6, 6.07) is 9.91. The number of aryl methyl sites for hydroxylation is 2. The van der Waals surface area contributed by atoms with Gasteiger partial charge in [0.25, 0.3) is 11.8 Å². The first-order chi connectivity index (χ1) is 12.2. The number of hydrogen-bond donors (Lipinski definition) is 2. The predicted octanol–water partition coefficient (Wildman–Crippen LogP) is 3.73. The van der Waals surface area contributed by atoms with Crippen LogP contribution in [0.2, 0.25) is 0 Å². The first kappa shape index (κ1) is 15.6. The van der Waals surface area contributed by atoms with Crippen LogP contribution in [-0.2, 0) is 12.8 Å². The summed E-state index contributed by atoms with van der Waals surface area (Å²) >= 11 is 1.54. The number of aromatic nitrogens is 1. The van der Waals surface area contributed by atoms with Crippen molar-refractivity contribution in [3.8, 4) is 0 Å². The van der Waals surface area contributed by atoms with E-state index in [1.807, 2.05) is 0 Å². The molecule has 0 radical (unpaired) electrons. The Balaban J connectivity index is 1.40. The normalized spacial score (nSPS) is 12.6. The lowest BCUT2D eigenvalue weighted by Gasteiger charge is -2.05. The third-order valence-corrected chi connectivity index (χ3v) is 5.04. The smallest absolute Gasteiger partial charge is 0.291 e. The molecule has 0 fully saturated rings. The van der Waals surface area contributed by atoms with Crippen LogP contribution in [0.3, 0.4) is 0 Å². The maximum Gasteiger partial charge on any atom is 0.291 e. The van der Waals surface area contributed by atoms with E-state index in [1.54, 1.807) is 47.7 Å². The van der Waals surface area contributed by atoms with Gasteiger partial charge in [0.05, 0.1) is 12.0 Å². The molecule has 0 unspecified atom stereocenters. The van der Waals surface area contributed by atoms with Crippen molar-refractivity contribution in [2.75, 3.05) is 10.6 Å². The third kappa shape index (κ3) is 3.32. The Morgan fingerprint density at radius 1 is 1.04 bits per heavy atom. The molecule has 7 heteroatoms. The number of nitrogens with one attached hydrogen (secondary N) is 2. The summed E-state index contributed by atoms with van der Waals surface area (Å²) in [7, 11) is 0. The molecule has 0 spiro atoms. The number of anilines is 2. The molecule has 0 saturated carbocycles. The predicted molar refractivity (Wildman–Crippen MR) is 95.2 cm³/mol. The van der Waals surface area contributed by atoms with Gasteiger partial charge in [-0.05, 0) is 55.7 Å². The van der Waals surface area contributed by atoms with Crippen molar-refractivity contribution in [2.45, 2.75) is 19.3 Å². The van der Waals surface area contributed by atoms with Crippen LogP contribution >= 0.6 is 11.3 Å². The maximum atomic E-state index is 12.3. The molecular formula is C18H15N3O3S. The fourth-order valence-electron chi connectivity index (χ4n) is 2.72. The fourth-order valence-corrected chi connectivity index (χ4v) is 3.76. The van der Waals surface area contributed by atoms with Crippen molar-refractivity contribution in [1.29, 1.82) is 0 Å². The van der Waals surface area contributed by atoms with E-state index in [0.29, 0.717) is 16.4 Å². The summed E-state index contributed by atoms with van der Waals surface area (Å²) in [6.07, 6.45) is 4.63. The van der Waals surface area contributed by atoms with Gasteiger partial charge >= 0.3 is 0 Å². The van der Waals surface area contributed by atoms with Crippen LogP contribution in [0.4, 0.5) is 10.8 Å². The SMILES string of the molecule is O=C(Nc1nc2c(s1)CCC2)c1ccc(NC(=O)c2ccco2)cc1. The minimum atomic E-state index is -0.334. The van der Waals surface area contributed by atoms with Crippen molar-refractivity contribution in [2.24, 2.45) is 0 Å². The Hall–Kier alpha value is -2.93. The summed E-state index contributed by atoms with van der Waals surface area (Å²) in [4.78, 5) is 30.0. The highest BCUT2D eigenvalue weighted by molar-refractivity contribution is 7.16. The zero-order valence-electron chi connectivity index (χ0n) is 13.2. The Morgan fingerprint density at radius 3 is 2.60 bits per heavy atom. The lowest BCUT2D eigenvalue weighted by atomic mass is 10.2. The largest absolute Gasteiger partial charge is 0.459 e. The van der Waals surface area contributed by atoms with E-state index in [-0.39, 0.29) is 17.6 Å². The van der Waals surface area contributed by atoms with Gasteiger partial charge < -0.3 is 9.73 Å². The maximum absolute atomic E-state index is 12.3. The molecular weight excluding hydrogens is 338 g/mol. The zero-order valence-corrected chi connectivity index (χ0v) is 14.1. The van der Waals surface area contributed by atoms with E-state index < -0.39 is 0 Å². The molecule has 1 aliphatic rings. The summed E-state index contributed by atoms with van der Waals surface area (Å²) in [5.41, 5.74) is 2.20. The number of carbonyl (C=O) groups is 2. The molecule has 0 saturated heterocycles. The molecule has 2 amide bonds. The minimum absolute atomic E-state index is 0.212. The molecule has 126 valence electrons. The number of benzene rings is 1. The van der Waals surface area contributed by atoms with Gasteiger partial charge in [-0.3, -0.25) is 14.9 Å². The average molecular weight is 353 g/mol. The fraction of sp³-hybridized carbons (Fsp3) is 0.167. The Kier molecular flexibility index (Phi) is 4.07. The lowest BCUT2D eigenvalue weighted by Crippen LogP contribution is -2.13. The first-order valence-electron chi connectivity index (χ1n) is 7.94.